The van der Waals surface area contributed by atoms with Crippen LogP contribution >= 0.6 is 0 Å². The van der Waals surface area contributed by atoms with E-state index in [4.69, 9.17) is 5.11 Å². The highest BCUT2D eigenvalue weighted by Crippen LogP contribution is 2.13. The van der Waals surface area contributed by atoms with Crippen molar-refractivity contribution < 1.29 is 9.90 Å². The smallest absolute Gasteiger partial charge is 0.246 e. The van der Waals surface area contributed by atoms with Crippen LogP contribution in [-0.2, 0) is 4.79 Å². The Bertz CT molecular complexity index is 555. The number of carbonyl (C=O) groups excluding carboxylic acids is 1. The van der Waals surface area contributed by atoms with E-state index >= 15 is 0 Å². The molecule has 1 aromatic heterocycles. The average molecular weight is 275 g/mol. The fourth-order valence-corrected chi connectivity index (χ4v) is 1.64. The first-order chi connectivity index (χ1) is 9.72. The lowest BCUT2D eigenvalue weighted by Crippen LogP contribution is -2.33. The predicted molar refractivity (Wildman–Crippen MR) is 72.7 cm³/mol. The number of aromatic nitrogens is 4. The summed E-state index contributed by atoms with van der Waals surface area (Å²) in [5.41, 5.74) is 0.853. The van der Waals surface area contributed by atoms with Gasteiger partial charge in [0.1, 0.15) is 6.04 Å². The van der Waals surface area contributed by atoms with Crippen molar-refractivity contribution >= 4 is 5.91 Å². The third-order valence-electron chi connectivity index (χ3n) is 2.82. The van der Waals surface area contributed by atoms with Crippen molar-refractivity contribution in [3.63, 3.8) is 0 Å². The van der Waals surface area contributed by atoms with Gasteiger partial charge in [-0.3, -0.25) is 4.79 Å². The average Bonchev–Trinajstić information content (AvgIpc) is 2.97. The first kappa shape index (κ1) is 14.1. The molecule has 2 aromatic rings. The number of aliphatic hydroxyl groups excluding tert-OH is 1. The van der Waals surface area contributed by atoms with Gasteiger partial charge in [0.15, 0.2) is 0 Å². The molecular formula is C13H17N5O2. The normalized spacial score (nSPS) is 12.1. The van der Waals surface area contributed by atoms with E-state index in [-0.39, 0.29) is 12.5 Å². The summed E-state index contributed by atoms with van der Waals surface area (Å²) in [4.78, 5) is 13.1. The second-order valence-electron chi connectivity index (χ2n) is 4.34. The van der Waals surface area contributed by atoms with Gasteiger partial charge in [0.25, 0.3) is 0 Å². The zero-order valence-corrected chi connectivity index (χ0v) is 11.2. The maximum Gasteiger partial charge on any atom is 0.246 e. The Balaban J connectivity index is 2.03. The summed E-state index contributed by atoms with van der Waals surface area (Å²) >= 11 is 0. The van der Waals surface area contributed by atoms with Gasteiger partial charge in [0.05, 0.1) is 0 Å². The maximum absolute atomic E-state index is 11.8. The molecule has 0 aliphatic heterocycles. The molecule has 1 heterocycles. The Morgan fingerprint density at radius 1 is 1.40 bits per heavy atom. The first-order valence-corrected chi connectivity index (χ1v) is 6.46. The van der Waals surface area contributed by atoms with Gasteiger partial charge in [0.2, 0.25) is 11.7 Å². The number of nitrogens with zero attached hydrogens (tertiary/aromatic N) is 4. The second kappa shape index (κ2) is 6.76. The number of nitrogens with one attached hydrogen (secondary N) is 1. The Morgan fingerprint density at radius 3 is 2.85 bits per heavy atom. The lowest BCUT2D eigenvalue weighted by Gasteiger charge is -2.09. The summed E-state index contributed by atoms with van der Waals surface area (Å²) in [6.07, 6.45) is 0.526. The summed E-state index contributed by atoms with van der Waals surface area (Å²) in [5, 5.41) is 23.4. The highest BCUT2D eigenvalue weighted by molar-refractivity contribution is 5.79. The van der Waals surface area contributed by atoms with Gasteiger partial charge in [-0.25, -0.2) is 0 Å². The molecule has 0 spiro atoms. The highest BCUT2D eigenvalue weighted by Gasteiger charge is 2.18. The van der Waals surface area contributed by atoms with E-state index in [0.717, 1.165) is 5.56 Å². The molecule has 1 aromatic carbocycles. The summed E-state index contributed by atoms with van der Waals surface area (Å²) in [7, 11) is 0. The molecule has 0 aliphatic rings. The third-order valence-corrected chi connectivity index (χ3v) is 2.82. The van der Waals surface area contributed by atoms with Crippen LogP contribution in [0.1, 0.15) is 19.4 Å². The monoisotopic (exact) mass is 275 g/mol. The molecule has 0 fully saturated rings. The molecule has 0 bridgehead atoms. The van der Waals surface area contributed by atoms with Crippen LogP contribution in [0.4, 0.5) is 0 Å². The summed E-state index contributed by atoms with van der Waals surface area (Å²) in [6.45, 7) is 2.18. The van der Waals surface area contributed by atoms with Gasteiger partial charge in [-0.1, -0.05) is 30.3 Å². The molecule has 0 saturated carbocycles. The SMILES string of the molecule is CC(C(=O)NCCCO)n1nnc(-c2ccccc2)n1. The second-order valence-corrected chi connectivity index (χ2v) is 4.34. The van der Waals surface area contributed by atoms with Gasteiger partial charge in [0, 0.05) is 18.7 Å². The molecule has 1 unspecified atom stereocenters. The molecule has 1 atom stereocenters. The quantitative estimate of drug-likeness (QED) is 0.744. The van der Waals surface area contributed by atoms with Crippen LogP contribution in [0.5, 0.6) is 0 Å². The first-order valence-electron chi connectivity index (χ1n) is 6.46. The molecule has 7 nitrogen and oxygen atoms in total. The van der Waals surface area contributed by atoms with Gasteiger partial charge in [-0.2, -0.15) is 4.80 Å². The van der Waals surface area contributed by atoms with Crippen molar-refractivity contribution in [1.29, 1.82) is 0 Å². The van der Waals surface area contributed by atoms with E-state index in [0.29, 0.717) is 18.8 Å². The number of hydrogen-bond acceptors (Lipinski definition) is 5. The fraction of sp³-hybridized carbons (Fsp3) is 0.385. The topological polar surface area (TPSA) is 92.9 Å². The number of aliphatic hydroxyl groups is 1. The Morgan fingerprint density at radius 2 is 2.15 bits per heavy atom. The van der Waals surface area contributed by atoms with Crippen molar-refractivity contribution in [3.8, 4) is 11.4 Å². The molecule has 0 saturated heterocycles. The van der Waals surface area contributed by atoms with Gasteiger partial charge in [-0.15, -0.1) is 10.2 Å². The molecule has 7 heteroatoms. The minimum Gasteiger partial charge on any atom is -0.396 e. The largest absolute Gasteiger partial charge is 0.396 e. The van der Waals surface area contributed by atoms with Crippen LogP contribution in [0.3, 0.4) is 0 Å². The standard InChI is InChI=1S/C13H17N5O2/c1-10(13(20)14-8-5-9-19)18-16-12(15-17-18)11-6-3-2-4-7-11/h2-4,6-7,10,19H,5,8-9H2,1H3,(H,14,20). The van der Waals surface area contributed by atoms with Crippen LogP contribution in [0, 0.1) is 0 Å². The number of tetrazole rings is 1. The minimum atomic E-state index is -0.543. The zero-order chi connectivity index (χ0) is 14.4. The van der Waals surface area contributed by atoms with Crippen molar-refractivity contribution in [2.24, 2.45) is 0 Å². The van der Waals surface area contributed by atoms with Gasteiger partial charge in [-0.05, 0) is 18.6 Å². The van der Waals surface area contributed by atoms with E-state index < -0.39 is 6.04 Å². The van der Waals surface area contributed by atoms with Crippen LogP contribution in [0.2, 0.25) is 0 Å². The minimum absolute atomic E-state index is 0.0500. The molecule has 106 valence electrons. The third kappa shape index (κ3) is 3.39. The van der Waals surface area contributed by atoms with E-state index in [9.17, 15) is 4.79 Å². The van der Waals surface area contributed by atoms with E-state index in [1.165, 1.54) is 4.80 Å². The van der Waals surface area contributed by atoms with Gasteiger partial charge >= 0.3 is 0 Å². The number of benzene rings is 1. The van der Waals surface area contributed by atoms with Crippen LogP contribution < -0.4 is 5.32 Å². The van der Waals surface area contributed by atoms with E-state index in [1.54, 1.807) is 6.92 Å². The molecule has 2 rings (SSSR count). The fourth-order valence-electron chi connectivity index (χ4n) is 1.64. The molecule has 1 amide bonds. The van der Waals surface area contributed by atoms with Crippen molar-refractivity contribution in [1.82, 2.24) is 25.5 Å². The molecular weight excluding hydrogens is 258 g/mol. The number of rotatable bonds is 6. The molecule has 0 aliphatic carbocycles. The molecule has 20 heavy (non-hydrogen) atoms. The summed E-state index contributed by atoms with van der Waals surface area (Å²) in [6, 6.07) is 8.91. The Kier molecular flexibility index (Phi) is 4.78. The zero-order valence-electron chi connectivity index (χ0n) is 11.2. The highest BCUT2D eigenvalue weighted by atomic mass is 16.3. The number of carbonyl (C=O) groups is 1. The van der Waals surface area contributed by atoms with E-state index in [2.05, 4.69) is 20.7 Å². The lowest BCUT2D eigenvalue weighted by atomic mass is 10.2. The molecule has 2 N–H and O–H groups in total. The van der Waals surface area contributed by atoms with Crippen molar-refractivity contribution in [2.75, 3.05) is 13.2 Å². The maximum atomic E-state index is 11.8. The van der Waals surface area contributed by atoms with Crippen LogP contribution in [0.25, 0.3) is 11.4 Å². The van der Waals surface area contributed by atoms with Crippen molar-refractivity contribution in [2.45, 2.75) is 19.4 Å². The van der Waals surface area contributed by atoms with E-state index in [1.807, 2.05) is 30.3 Å². The summed E-state index contributed by atoms with van der Waals surface area (Å²) < 4.78 is 0. The Hall–Kier alpha value is -2.28. The van der Waals surface area contributed by atoms with Crippen molar-refractivity contribution in [3.05, 3.63) is 30.3 Å². The number of hydrogen-bond donors (Lipinski definition) is 2. The summed E-state index contributed by atoms with van der Waals surface area (Å²) in [5.74, 6) is 0.288. The van der Waals surface area contributed by atoms with Gasteiger partial charge < -0.3 is 10.4 Å². The van der Waals surface area contributed by atoms with Crippen LogP contribution in [0.15, 0.2) is 30.3 Å². The Labute approximate surface area is 116 Å². The predicted octanol–water partition coefficient (Wildman–Crippen LogP) is 0.400. The lowest BCUT2D eigenvalue weighted by molar-refractivity contribution is -0.124. The molecule has 0 radical (unpaired) electrons. The van der Waals surface area contributed by atoms with Crippen LogP contribution in [-0.4, -0.2) is 44.4 Å². The number of amides is 1.